The number of carbonyl (C=O) groups excluding carboxylic acids is 1. The molecule has 0 aliphatic carbocycles. The van der Waals surface area contributed by atoms with Crippen LogP contribution in [0.5, 0.6) is 5.88 Å². The third kappa shape index (κ3) is 4.80. The molecule has 0 radical (unpaired) electrons. The lowest BCUT2D eigenvalue weighted by atomic mass is 9.99. The average Bonchev–Trinajstić information content (AvgIpc) is 2.87. The van der Waals surface area contributed by atoms with Gasteiger partial charge in [-0.2, -0.15) is 0 Å². The molecule has 5 rings (SSSR count). The Balaban J connectivity index is 1.34. The molecule has 9 nitrogen and oxygen atoms in total. The molecule has 1 saturated heterocycles. The van der Waals surface area contributed by atoms with Gasteiger partial charge < -0.3 is 30.6 Å². The summed E-state index contributed by atoms with van der Waals surface area (Å²) in [5, 5.41) is 9.36. The highest BCUT2D eigenvalue weighted by Crippen LogP contribution is 2.34. The molecular formula is C26H30N6O3. The summed E-state index contributed by atoms with van der Waals surface area (Å²) in [5.74, 6) is 0.826. The number of aromatic amines is 1. The number of piperidine rings is 1. The molecule has 0 bridgehead atoms. The number of ether oxygens (including phenoxy) is 1. The Morgan fingerprint density at radius 1 is 1.14 bits per heavy atom. The Morgan fingerprint density at radius 3 is 2.69 bits per heavy atom. The van der Waals surface area contributed by atoms with Gasteiger partial charge in [0.1, 0.15) is 17.9 Å². The zero-order chi connectivity index (χ0) is 24.4. The smallest absolute Gasteiger partial charge is 0.263 e. The summed E-state index contributed by atoms with van der Waals surface area (Å²) in [6.07, 6.45) is 5.53. The van der Waals surface area contributed by atoms with Crippen molar-refractivity contribution >= 4 is 34.3 Å². The van der Waals surface area contributed by atoms with Crippen LogP contribution in [-0.4, -0.2) is 42.1 Å². The van der Waals surface area contributed by atoms with E-state index in [4.69, 9.17) is 4.74 Å². The van der Waals surface area contributed by atoms with Crippen LogP contribution in [0.2, 0.25) is 0 Å². The van der Waals surface area contributed by atoms with Crippen LogP contribution in [0.25, 0.3) is 0 Å². The molecule has 2 aromatic heterocycles. The predicted molar refractivity (Wildman–Crippen MR) is 138 cm³/mol. The highest BCUT2D eigenvalue weighted by Gasteiger charge is 2.21. The first-order chi connectivity index (χ1) is 17.0. The summed E-state index contributed by atoms with van der Waals surface area (Å²) in [5.41, 5.74) is 4.08. The van der Waals surface area contributed by atoms with Gasteiger partial charge in [0.2, 0.25) is 5.88 Å². The Morgan fingerprint density at radius 2 is 1.91 bits per heavy atom. The van der Waals surface area contributed by atoms with E-state index >= 15 is 0 Å². The summed E-state index contributed by atoms with van der Waals surface area (Å²) >= 11 is 0. The quantitative estimate of drug-likeness (QED) is 0.440. The number of hydrogen-bond donors (Lipinski definition) is 4. The summed E-state index contributed by atoms with van der Waals surface area (Å²) in [6.45, 7) is 7.55. The standard InChI is InChI=1S/C26H30N6O3/c1-16-8-12-32(13-9-16)19-5-3-18(4-6-19)30-25(34)22-20(7-10-28-24(22)33)31-21-15-29-26-23(17(21)2)27-11-14-35-26/h3-7,10,15-16,27H,8-9,11-14H2,1-2H3,(H,30,34)(H2,28,31,33). The second kappa shape index (κ2) is 9.69. The first-order valence-electron chi connectivity index (χ1n) is 12.0. The van der Waals surface area contributed by atoms with Crippen molar-refractivity contribution in [2.45, 2.75) is 26.7 Å². The molecule has 3 aromatic rings. The van der Waals surface area contributed by atoms with Crippen molar-refractivity contribution in [2.24, 2.45) is 5.92 Å². The number of fused-ring (bicyclic) bond motifs is 1. The first kappa shape index (κ1) is 22.8. The second-order valence-corrected chi connectivity index (χ2v) is 9.14. The van der Waals surface area contributed by atoms with Gasteiger partial charge in [-0.1, -0.05) is 6.92 Å². The van der Waals surface area contributed by atoms with Crippen LogP contribution in [0.1, 0.15) is 35.7 Å². The van der Waals surface area contributed by atoms with Gasteiger partial charge >= 0.3 is 0 Å². The molecule has 0 atom stereocenters. The molecule has 35 heavy (non-hydrogen) atoms. The van der Waals surface area contributed by atoms with Gasteiger partial charge in [-0.05, 0) is 56.0 Å². The van der Waals surface area contributed by atoms with Crippen molar-refractivity contribution in [3.05, 3.63) is 64.2 Å². The van der Waals surface area contributed by atoms with Crippen molar-refractivity contribution in [1.82, 2.24) is 9.97 Å². The lowest BCUT2D eigenvalue weighted by molar-refractivity contribution is 0.102. The highest BCUT2D eigenvalue weighted by atomic mass is 16.5. The maximum absolute atomic E-state index is 13.2. The number of H-pyrrole nitrogens is 1. The zero-order valence-electron chi connectivity index (χ0n) is 20.0. The molecule has 0 spiro atoms. The zero-order valence-corrected chi connectivity index (χ0v) is 20.0. The fourth-order valence-electron chi connectivity index (χ4n) is 4.52. The largest absolute Gasteiger partial charge is 0.474 e. The molecule has 9 heteroatoms. The number of anilines is 5. The maximum Gasteiger partial charge on any atom is 0.263 e. The molecule has 182 valence electrons. The fourth-order valence-corrected chi connectivity index (χ4v) is 4.52. The number of pyridine rings is 2. The van der Waals surface area contributed by atoms with Crippen molar-refractivity contribution in [3.8, 4) is 5.88 Å². The number of hydrogen-bond acceptors (Lipinski definition) is 7. The van der Waals surface area contributed by atoms with Crippen molar-refractivity contribution in [1.29, 1.82) is 0 Å². The third-order valence-electron chi connectivity index (χ3n) is 6.68. The van der Waals surface area contributed by atoms with Gasteiger partial charge in [0.15, 0.2) is 0 Å². The number of benzene rings is 1. The number of carbonyl (C=O) groups is 1. The second-order valence-electron chi connectivity index (χ2n) is 9.14. The van der Waals surface area contributed by atoms with Crippen LogP contribution in [0.4, 0.5) is 28.4 Å². The van der Waals surface area contributed by atoms with E-state index < -0.39 is 11.5 Å². The number of amides is 1. The minimum Gasteiger partial charge on any atom is -0.474 e. The van der Waals surface area contributed by atoms with Gasteiger partial charge in [0.05, 0.1) is 17.6 Å². The Bertz CT molecular complexity index is 1280. The van der Waals surface area contributed by atoms with E-state index in [9.17, 15) is 9.59 Å². The van der Waals surface area contributed by atoms with Gasteiger partial charge in [0, 0.05) is 42.8 Å². The molecule has 1 aromatic carbocycles. The Hall–Kier alpha value is -4.01. The number of nitrogens with one attached hydrogen (secondary N) is 4. The minimum atomic E-state index is -0.487. The number of aromatic nitrogens is 2. The maximum atomic E-state index is 13.2. The van der Waals surface area contributed by atoms with Crippen molar-refractivity contribution < 1.29 is 9.53 Å². The predicted octanol–water partition coefficient (Wildman–Crippen LogP) is 4.11. The normalized spacial score (nSPS) is 15.5. The summed E-state index contributed by atoms with van der Waals surface area (Å²) in [4.78, 5) is 35.1. The van der Waals surface area contributed by atoms with E-state index in [0.717, 1.165) is 35.9 Å². The van der Waals surface area contributed by atoms with Crippen molar-refractivity contribution in [2.75, 3.05) is 47.1 Å². The van der Waals surface area contributed by atoms with Gasteiger partial charge in [-0.3, -0.25) is 9.59 Å². The van der Waals surface area contributed by atoms with Crippen LogP contribution in [0, 0.1) is 12.8 Å². The molecular weight excluding hydrogens is 444 g/mol. The fraction of sp³-hybridized carbons (Fsp3) is 0.346. The number of nitrogens with zero attached hydrogens (tertiary/aromatic N) is 2. The van der Waals surface area contributed by atoms with E-state index in [1.165, 1.54) is 19.0 Å². The van der Waals surface area contributed by atoms with E-state index in [0.29, 0.717) is 36.1 Å². The molecule has 1 amide bonds. The minimum absolute atomic E-state index is 0.00271. The summed E-state index contributed by atoms with van der Waals surface area (Å²) in [7, 11) is 0. The van der Waals surface area contributed by atoms with Gasteiger partial charge in [0.25, 0.3) is 11.5 Å². The molecule has 2 aliphatic heterocycles. The molecule has 4 heterocycles. The average molecular weight is 475 g/mol. The van der Waals surface area contributed by atoms with Gasteiger partial charge in [-0.25, -0.2) is 4.98 Å². The first-order valence-corrected chi connectivity index (χ1v) is 12.0. The summed E-state index contributed by atoms with van der Waals surface area (Å²) < 4.78 is 5.59. The van der Waals surface area contributed by atoms with Crippen LogP contribution < -0.4 is 31.1 Å². The van der Waals surface area contributed by atoms with Crippen LogP contribution in [0.15, 0.2) is 47.5 Å². The Kier molecular flexibility index (Phi) is 6.31. The number of rotatable bonds is 5. The van der Waals surface area contributed by atoms with Crippen LogP contribution in [-0.2, 0) is 0 Å². The van der Waals surface area contributed by atoms with Crippen LogP contribution >= 0.6 is 0 Å². The lowest BCUT2D eigenvalue weighted by Gasteiger charge is -2.32. The van der Waals surface area contributed by atoms with E-state index in [2.05, 4.69) is 37.7 Å². The molecule has 0 unspecified atom stereocenters. The molecule has 4 N–H and O–H groups in total. The monoisotopic (exact) mass is 474 g/mol. The van der Waals surface area contributed by atoms with E-state index in [1.54, 1.807) is 12.3 Å². The van der Waals surface area contributed by atoms with Gasteiger partial charge in [-0.15, -0.1) is 0 Å². The lowest BCUT2D eigenvalue weighted by Crippen LogP contribution is -2.32. The third-order valence-corrected chi connectivity index (χ3v) is 6.68. The van der Waals surface area contributed by atoms with Crippen molar-refractivity contribution in [3.63, 3.8) is 0 Å². The SMILES string of the molecule is Cc1c(Nc2cc[nH]c(=O)c2C(=O)Nc2ccc(N3CCC(C)CC3)cc2)cnc2c1NCCO2. The molecule has 0 saturated carbocycles. The highest BCUT2D eigenvalue weighted by molar-refractivity contribution is 6.08. The topological polar surface area (TPSA) is 111 Å². The molecule has 2 aliphatic rings. The van der Waals surface area contributed by atoms with E-state index in [-0.39, 0.29) is 5.56 Å². The summed E-state index contributed by atoms with van der Waals surface area (Å²) in [6, 6.07) is 9.44. The van der Waals surface area contributed by atoms with Crippen LogP contribution in [0.3, 0.4) is 0 Å². The van der Waals surface area contributed by atoms with E-state index in [1.807, 2.05) is 31.2 Å². The molecule has 1 fully saturated rings. The Labute approximate surface area is 203 Å².